The number of imidazole rings is 1. The fourth-order valence-electron chi connectivity index (χ4n) is 3.94. The predicted molar refractivity (Wildman–Crippen MR) is 145 cm³/mol. The zero-order valence-electron chi connectivity index (χ0n) is 19.1. The molecule has 5 rings (SSSR count). The Bertz CT molecular complexity index is 1310. The van der Waals surface area contributed by atoms with Gasteiger partial charge in [0.15, 0.2) is 5.17 Å². The smallest absolute Gasteiger partial charge is 0.286 e. The molecule has 8 nitrogen and oxygen atoms in total. The van der Waals surface area contributed by atoms with Crippen LogP contribution in [0.1, 0.15) is 5.56 Å². The molecule has 35 heavy (non-hydrogen) atoms. The minimum atomic E-state index is -0.309. The Kier molecular flexibility index (Phi) is 7.31. The lowest BCUT2D eigenvalue weighted by Gasteiger charge is -2.26. The topological polar surface area (TPSA) is 83.8 Å². The van der Waals surface area contributed by atoms with Gasteiger partial charge in [0.1, 0.15) is 0 Å². The van der Waals surface area contributed by atoms with Gasteiger partial charge in [-0.3, -0.25) is 9.69 Å². The van der Waals surface area contributed by atoms with Crippen molar-refractivity contribution in [2.45, 2.75) is 0 Å². The Morgan fingerprint density at radius 1 is 1.17 bits per heavy atom. The number of hydrogen-bond acceptors (Lipinski definition) is 7. The van der Waals surface area contributed by atoms with E-state index in [2.05, 4.69) is 20.5 Å². The molecule has 1 saturated heterocycles. The summed E-state index contributed by atoms with van der Waals surface area (Å²) in [7, 11) is 1.98. The lowest BCUT2D eigenvalue weighted by atomic mass is 10.2. The number of halogens is 2. The average molecular weight is 531 g/mol. The van der Waals surface area contributed by atoms with E-state index in [1.165, 1.54) is 11.8 Å². The van der Waals surface area contributed by atoms with Crippen LogP contribution in [-0.2, 0) is 16.6 Å². The van der Waals surface area contributed by atoms with E-state index in [1.54, 1.807) is 18.2 Å². The van der Waals surface area contributed by atoms with Crippen molar-refractivity contribution in [1.29, 1.82) is 0 Å². The van der Waals surface area contributed by atoms with Crippen molar-refractivity contribution >= 4 is 74.8 Å². The standard InChI is InChI=1S/C24H24Cl2N6O2S/c1-31-19-13-15(5-6-18(19)28-23(31)27-7-8-32-9-11-34-12-10-32)14-20-22(33)30-24(35-20)29-21-16(25)3-2-4-17(21)26/h2-6,13-14H,7-12H2,1H3,(H,27,28)(H,29,30,33). The second-order valence-electron chi connectivity index (χ2n) is 8.18. The Morgan fingerprint density at radius 2 is 1.94 bits per heavy atom. The molecule has 0 spiro atoms. The van der Waals surface area contributed by atoms with Crippen molar-refractivity contribution in [3.05, 3.63) is 56.9 Å². The molecule has 0 aliphatic carbocycles. The molecular weight excluding hydrogens is 507 g/mol. The van der Waals surface area contributed by atoms with E-state index in [0.29, 0.717) is 25.8 Å². The van der Waals surface area contributed by atoms with E-state index in [9.17, 15) is 4.79 Å². The van der Waals surface area contributed by atoms with Crippen LogP contribution < -0.4 is 10.6 Å². The number of hydrogen-bond donors (Lipinski definition) is 2. The highest BCUT2D eigenvalue weighted by Crippen LogP contribution is 2.35. The maximum Gasteiger partial charge on any atom is 0.286 e. The molecule has 0 saturated carbocycles. The van der Waals surface area contributed by atoms with E-state index in [0.717, 1.165) is 61.9 Å². The summed E-state index contributed by atoms with van der Waals surface area (Å²) >= 11 is 13.7. The quantitative estimate of drug-likeness (QED) is 0.446. The highest BCUT2D eigenvalue weighted by atomic mass is 35.5. The van der Waals surface area contributed by atoms with Gasteiger partial charge >= 0.3 is 0 Å². The lowest BCUT2D eigenvalue weighted by Crippen LogP contribution is -2.39. The van der Waals surface area contributed by atoms with Crippen LogP contribution in [0, 0.1) is 0 Å². The SMILES string of the molecule is Cn1c(NCCN2CCOCC2)nc2ccc(C=C3SC(Nc4c(Cl)cccc4Cl)=NC3=O)cc21. The Morgan fingerprint density at radius 3 is 2.71 bits per heavy atom. The number of fused-ring (bicyclic) bond motifs is 1. The monoisotopic (exact) mass is 530 g/mol. The number of aryl methyl sites for hydroxylation is 1. The number of nitrogens with one attached hydrogen (secondary N) is 2. The van der Waals surface area contributed by atoms with Crippen LogP contribution in [0.15, 0.2) is 46.3 Å². The summed E-state index contributed by atoms with van der Waals surface area (Å²) < 4.78 is 7.43. The second-order valence-corrected chi connectivity index (χ2v) is 10.0. The third kappa shape index (κ3) is 5.49. The van der Waals surface area contributed by atoms with Crippen molar-refractivity contribution in [3.8, 4) is 0 Å². The molecule has 0 radical (unpaired) electrons. The number of ether oxygens (including phenoxy) is 1. The molecule has 0 atom stereocenters. The number of aliphatic imine (C=N–C) groups is 1. The number of carbonyl (C=O) groups is 1. The number of thioether (sulfide) groups is 1. The lowest BCUT2D eigenvalue weighted by molar-refractivity contribution is -0.113. The van der Waals surface area contributed by atoms with Crippen LogP contribution >= 0.6 is 35.0 Å². The summed E-state index contributed by atoms with van der Waals surface area (Å²) in [6.07, 6.45) is 1.83. The summed E-state index contributed by atoms with van der Waals surface area (Å²) in [6, 6.07) is 11.1. The first kappa shape index (κ1) is 24.1. The van der Waals surface area contributed by atoms with E-state index >= 15 is 0 Å². The third-order valence-corrected chi connectivity index (χ3v) is 7.36. The fraction of sp³-hybridized carbons (Fsp3) is 0.292. The molecule has 2 N–H and O–H groups in total. The average Bonchev–Trinajstić information content (AvgIpc) is 3.36. The molecular formula is C24H24Cl2N6O2S. The number of benzene rings is 2. The van der Waals surface area contributed by atoms with Crippen molar-refractivity contribution in [1.82, 2.24) is 14.5 Å². The normalized spacial score (nSPS) is 17.9. The molecule has 0 unspecified atom stereocenters. The van der Waals surface area contributed by atoms with Crippen molar-refractivity contribution in [3.63, 3.8) is 0 Å². The second kappa shape index (κ2) is 10.6. The van der Waals surface area contributed by atoms with Crippen LogP contribution in [0.25, 0.3) is 17.1 Å². The third-order valence-electron chi connectivity index (χ3n) is 5.83. The van der Waals surface area contributed by atoms with Gasteiger partial charge in [-0.25, -0.2) is 4.98 Å². The molecule has 11 heteroatoms. The number of morpholine rings is 1. The number of nitrogens with zero attached hydrogens (tertiary/aromatic N) is 4. The number of amidine groups is 1. The van der Waals surface area contributed by atoms with Crippen molar-refractivity contribution < 1.29 is 9.53 Å². The molecule has 1 aromatic heterocycles. The summed E-state index contributed by atoms with van der Waals surface area (Å²) in [5, 5.41) is 7.85. The van der Waals surface area contributed by atoms with Gasteiger partial charge in [0.25, 0.3) is 5.91 Å². The maximum atomic E-state index is 12.5. The number of amides is 1. The molecule has 2 aliphatic rings. The zero-order chi connectivity index (χ0) is 24.4. The van der Waals surface area contributed by atoms with Gasteiger partial charge in [-0.05, 0) is 47.7 Å². The molecule has 1 amide bonds. The highest BCUT2D eigenvalue weighted by Gasteiger charge is 2.23. The minimum absolute atomic E-state index is 0.309. The van der Waals surface area contributed by atoms with Gasteiger partial charge in [0.05, 0.1) is 44.9 Å². The van der Waals surface area contributed by atoms with Gasteiger partial charge in [-0.2, -0.15) is 4.99 Å². The number of rotatable bonds is 6. The van der Waals surface area contributed by atoms with Gasteiger partial charge < -0.3 is 19.9 Å². The van der Waals surface area contributed by atoms with Crippen LogP contribution in [0.3, 0.4) is 0 Å². The van der Waals surface area contributed by atoms with Crippen LogP contribution in [0.2, 0.25) is 10.0 Å². The minimum Gasteiger partial charge on any atom is -0.379 e. The fourth-order valence-corrected chi connectivity index (χ4v) is 5.25. The number of para-hydroxylation sites is 1. The highest BCUT2D eigenvalue weighted by molar-refractivity contribution is 8.18. The van der Waals surface area contributed by atoms with Crippen LogP contribution in [-0.4, -0.2) is 64.9 Å². The largest absolute Gasteiger partial charge is 0.379 e. The zero-order valence-corrected chi connectivity index (χ0v) is 21.4. The Labute approximate surface area is 217 Å². The van der Waals surface area contributed by atoms with Gasteiger partial charge in [0.2, 0.25) is 5.95 Å². The molecule has 2 aromatic carbocycles. The van der Waals surface area contributed by atoms with E-state index in [4.69, 9.17) is 32.9 Å². The molecule has 3 heterocycles. The number of anilines is 2. The van der Waals surface area contributed by atoms with E-state index < -0.39 is 0 Å². The summed E-state index contributed by atoms with van der Waals surface area (Å²) in [4.78, 5) is 24.2. The summed E-state index contributed by atoms with van der Waals surface area (Å²) in [5.41, 5.74) is 3.29. The number of aromatic nitrogens is 2. The summed E-state index contributed by atoms with van der Waals surface area (Å²) in [5.74, 6) is 0.507. The van der Waals surface area contributed by atoms with Crippen molar-refractivity contribution in [2.75, 3.05) is 50.0 Å². The Balaban J connectivity index is 1.27. The van der Waals surface area contributed by atoms with E-state index in [-0.39, 0.29) is 5.91 Å². The van der Waals surface area contributed by atoms with E-state index in [1.807, 2.05) is 35.9 Å². The molecule has 3 aromatic rings. The maximum absolute atomic E-state index is 12.5. The molecule has 0 bridgehead atoms. The van der Waals surface area contributed by atoms with Crippen molar-refractivity contribution in [2.24, 2.45) is 12.0 Å². The van der Waals surface area contributed by atoms with Gasteiger partial charge in [-0.1, -0.05) is 35.3 Å². The van der Waals surface area contributed by atoms with Crippen LogP contribution in [0.4, 0.5) is 11.6 Å². The first-order valence-electron chi connectivity index (χ1n) is 11.2. The molecule has 2 aliphatic heterocycles. The van der Waals surface area contributed by atoms with Gasteiger partial charge in [0, 0.05) is 33.2 Å². The predicted octanol–water partition coefficient (Wildman–Crippen LogP) is 4.71. The molecule has 1 fully saturated rings. The number of carbonyl (C=O) groups excluding carboxylic acids is 1. The first-order chi connectivity index (χ1) is 17.0. The first-order valence-corrected chi connectivity index (χ1v) is 12.8. The summed E-state index contributed by atoms with van der Waals surface area (Å²) in [6.45, 7) is 5.26. The Hall–Kier alpha value is -2.56. The van der Waals surface area contributed by atoms with Gasteiger partial charge in [-0.15, -0.1) is 0 Å². The van der Waals surface area contributed by atoms with Crippen LogP contribution in [0.5, 0.6) is 0 Å². The molecule has 182 valence electrons.